The van der Waals surface area contributed by atoms with Gasteiger partial charge in [-0.3, -0.25) is 23.8 Å². The molecular formula is C50H58N7O9PS2. The van der Waals surface area contributed by atoms with Crippen LogP contribution in [0.1, 0.15) is 39.9 Å². The van der Waals surface area contributed by atoms with Crippen molar-refractivity contribution in [3.8, 4) is 11.5 Å². The van der Waals surface area contributed by atoms with E-state index in [0.717, 1.165) is 42.6 Å². The van der Waals surface area contributed by atoms with Gasteiger partial charge in [0, 0.05) is 51.4 Å². The molecule has 19 heteroatoms. The van der Waals surface area contributed by atoms with Gasteiger partial charge in [0.2, 0.25) is 16.8 Å². The summed E-state index contributed by atoms with van der Waals surface area (Å²) in [5, 5.41) is 0.0222. The van der Waals surface area contributed by atoms with Gasteiger partial charge in [-0.2, -0.15) is 4.98 Å². The van der Waals surface area contributed by atoms with Gasteiger partial charge in [-0.15, -0.1) is 0 Å². The zero-order chi connectivity index (χ0) is 48.2. The molecule has 3 unspecified atom stereocenters. The largest absolute Gasteiger partial charge is 0.497 e. The van der Waals surface area contributed by atoms with Gasteiger partial charge in [-0.25, -0.2) is 9.98 Å². The number of carbonyl (C=O) groups excluding carboxylic acids is 1. The second kappa shape index (κ2) is 23.6. The van der Waals surface area contributed by atoms with Crippen LogP contribution in [0, 0.1) is 0 Å². The maximum atomic E-state index is 13.7. The third-order valence-electron chi connectivity index (χ3n) is 11.8. The summed E-state index contributed by atoms with van der Waals surface area (Å²) < 4.78 is 49.9. The van der Waals surface area contributed by atoms with Crippen molar-refractivity contribution in [2.24, 2.45) is 4.99 Å². The molecule has 2 aliphatic heterocycles. The van der Waals surface area contributed by atoms with E-state index < -0.39 is 36.6 Å². The first-order valence-corrected chi connectivity index (χ1v) is 26.5. The first kappa shape index (κ1) is 50.3. The Bertz CT molecular complexity index is 2630. The zero-order valence-corrected chi connectivity index (χ0v) is 41.9. The Kier molecular flexibility index (Phi) is 17.2. The lowest BCUT2D eigenvalue weighted by molar-refractivity contribution is -0.157. The van der Waals surface area contributed by atoms with Crippen LogP contribution in [0.4, 0.5) is 5.95 Å². The minimum atomic E-state index is -1.45. The van der Waals surface area contributed by atoms with Crippen molar-refractivity contribution in [2.75, 3.05) is 86.4 Å². The van der Waals surface area contributed by atoms with Crippen LogP contribution in [-0.2, 0) is 34.8 Å². The number of fused-ring (bicyclic) bond motifs is 1. The number of benzene rings is 4. The molecule has 2 fully saturated rings. The molecule has 2 saturated heterocycles. The summed E-state index contributed by atoms with van der Waals surface area (Å²) in [4.78, 5) is 45.2. The van der Waals surface area contributed by atoms with Crippen molar-refractivity contribution in [2.45, 2.75) is 36.4 Å². The Morgan fingerprint density at radius 2 is 1.54 bits per heavy atom. The Hall–Kier alpha value is -5.14. The zero-order valence-electron chi connectivity index (χ0n) is 39.4. The fourth-order valence-corrected chi connectivity index (χ4v) is 13.7. The Morgan fingerprint density at radius 3 is 2.16 bits per heavy atom. The van der Waals surface area contributed by atoms with Gasteiger partial charge in [-0.1, -0.05) is 108 Å². The average molecular weight is 996 g/mol. The molecule has 0 amide bonds. The molecule has 8 rings (SSSR count). The lowest BCUT2D eigenvalue weighted by Gasteiger charge is -2.40. The van der Waals surface area contributed by atoms with Crippen molar-refractivity contribution in [1.29, 1.82) is 0 Å². The highest BCUT2D eigenvalue weighted by molar-refractivity contribution is 8.53. The van der Waals surface area contributed by atoms with E-state index in [4.69, 9.17) is 37.9 Å². The van der Waals surface area contributed by atoms with Crippen LogP contribution in [0.2, 0.25) is 0 Å². The second-order valence-corrected chi connectivity index (χ2v) is 21.2. The Morgan fingerprint density at radius 1 is 0.899 bits per heavy atom. The number of H-pyrrole nitrogens is 1. The summed E-state index contributed by atoms with van der Waals surface area (Å²) in [5.74, 6) is 2.72. The lowest BCUT2D eigenvalue weighted by atomic mass is 9.80. The number of thioether (sulfide) groups is 1. The smallest absolute Gasteiger partial charge is 0.280 e. The van der Waals surface area contributed by atoms with E-state index in [9.17, 15) is 9.59 Å². The number of imidazole rings is 1. The highest BCUT2D eigenvalue weighted by Gasteiger charge is 2.57. The molecule has 2 aromatic heterocycles. The molecular weight excluding hydrogens is 938 g/mol. The molecule has 1 N–H and O–H groups in total. The summed E-state index contributed by atoms with van der Waals surface area (Å²) in [6.07, 6.45) is 3.52. The third-order valence-corrected chi connectivity index (χ3v) is 17.0. The van der Waals surface area contributed by atoms with E-state index in [0.29, 0.717) is 28.6 Å². The number of hydrogen-bond acceptors (Lipinski definition) is 15. The molecule has 4 atom stereocenters. The number of nitrogens with zero attached hydrogens (tertiary/aromatic N) is 6. The van der Waals surface area contributed by atoms with Gasteiger partial charge < -0.3 is 37.8 Å². The number of ether oxygens (including phenoxy) is 6. The van der Waals surface area contributed by atoms with Crippen LogP contribution < -0.4 is 15.0 Å². The summed E-state index contributed by atoms with van der Waals surface area (Å²) in [6, 6.07) is 35.1. The molecule has 0 bridgehead atoms. The second-order valence-electron chi connectivity index (χ2n) is 16.5. The molecule has 0 aliphatic carbocycles. The van der Waals surface area contributed by atoms with E-state index in [1.54, 1.807) is 54.8 Å². The van der Waals surface area contributed by atoms with E-state index in [1.165, 1.54) is 11.8 Å². The number of nitrogens with one attached hydrogen (secondary N) is 1. The first-order chi connectivity index (χ1) is 33.7. The molecule has 6 aromatic rings. The highest BCUT2D eigenvalue weighted by Crippen LogP contribution is 2.59. The SMILES string of the molecule is COCCOC1(n2cnc3c(=O)[nH]c(N=CN(C)C)nc32)CO[C@H](COC(c2ccccc2)(c2ccc(OC)cc2)c2ccc(OC)cc2)C1OP(SCCSC(=O)c1ccccc1)N1CCCC1. The van der Waals surface area contributed by atoms with E-state index in [-0.39, 0.29) is 48.7 Å². The van der Waals surface area contributed by atoms with Gasteiger partial charge in [0.15, 0.2) is 18.7 Å². The van der Waals surface area contributed by atoms with Crippen molar-refractivity contribution >= 4 is 59.2 Å². The van der Waals surface area contributed by atoms with E-state index in [1.807, 2.05) is 111 Å². The van der Waals surface area contributed by atoms with Gasteiger partial charge in [-0.05, 0) is 53.8 Å². The molecule has 4 aromatic carbocycles. The number of hydrogen-bond donors (Lipinski definition) is 1. The number of carbonyl (C=O) groups is 1. The molecule has 69 heavy (non-hydrogen) atoms. The summed E-state index contributed by atoms with van der Waals surface area (Å²) in [5.41, 5.74) is 0.510. The number of methoxy groups -OCH3 is 3. The predicted molar refractivity (Wildman–Crippen MR) is 272 cm³/mol. The van der Waals surface area contributed by atoms with Crippen LogP contribution in [-0.4, -0.2) is 139 Å². The van der Waals surface area contributed by atoms with Crippen molar-refractivity contribution in [3.63, 3.8) is 0 Å². The monoisotopic (exact) mass is 995 g/mol. The van der Waals surface area contributed by atoms with Crippen LogP contribution in [0.5, 0.6) is 11.5 Å². The van der Waals surface area contributed by atoms with Gasteiger partial charge in [0.1, 0.15) is 29.3 Å². The molecule has 0 radical (unpaired) electrons. The molecule has 0 saturated carbocycles. The minimum absolute atomic E-state index is 0.0152. The average Bonchev–Trinajstić information content (AvgIpc) is 4.16. The summed E-state index contributed by atoms with van der Waals surface area (Å²) >= 11 is 2.98. The number of aromatic amines is 1. The highest BCUT2D eigenvalue weighted by atomic mass is 32.7. The quantitative estimate of drug-likeness (QED) is 0.0215. The molecule has 0 spiro atoms. The number of aliphatic imine (C=N–C) groups is 1. The van der Waals surface area contributed by atoms with Crippen molar-refractivity contribution < 1.29 is 37.7 Å². The van der Waals surface area contributed by atoms with Crippen LogP contribution in [0.25, 0.3) is 11.2 Å². The lowest BCUT2D eigenvalue weighted by Crippen LogP contribution is -2.51. The molecule has 16 nitrogen and oxygen atoms in total. The van der Waals surface area contributed by atoms with E-state index >= 15 is 0 Å². The molecule has 364 valence electrons. The Labute approximate surface area is 411 Å². The maximum absolute atomic E-state index is 13.7. The molecule has 4 heterocycles. The van der Waals surface area contributed by atoms with Crippen LogP contribution in [0.15, 0.2) is 125 Å². The van der Waals surface area contributed by atoms with Gasteiger partial charge in [0.25, 0.3) is 5.56 Å². The maximum Gasteiger partial charge on any atom is 0.280 e. The van der Waals surface area contributed by atoms with Crippen molar-refractivity contribution in [3.05, 3.63) is 148 Å². The fraction of sp³-hybridized carbons (Fsp3) is 0.380. The number of rotatable bonds is 23. The molecule has 2 aliphatic rings. The van der Waals surface area contributed by atoms with E-state index in [2.05, 4.69) is 31.8 Å². The third kappa shape index (κ3) is 11.4. The van der Waals surface area contributed by atoms with Gasteiger partial charge in [0.05, 0.1) is 53.3 Å². The van der Waals surface area contributed by atoms with Gasteiger partial charge >= 0.3 is 0 Å². The van der Waals surface area contributed by atoms with Crippen LogP contribution >= 0.6 is 30.6 Å². The normalized spacial score (nSPS) is 19.1. The van der Waals surface area contributed by atoms with Crippen LogP contribution in [0.3, 0.4) is 0 Å². The van der Waals surface area contributed by atoms with Crippen molar-refractivity contribution in [1.82, 2.24) is 29.1 Å². The number of aromatic nitrogens is 4. The standard InChI is InChI=1S/C50H58N7O9PS2/c1-55(2)34-52-48-53-45-43(46(58)54-48)51-35-57(45)49(64-29-28-60-3)33-63-42(44(49)66-67(56-26-12-13-27-56)69-31-30-68-47(59)36-14-8-6-9-15-36)32-65-50(37-16-10-7-11-17-37,38-18-22-40(61-4)23-19-38)39-20-24-41(62-5)25-21-39/h6-11,14-25,34-35,42,44H,12-13,26-33H2,1-5H3,(H,53,54,58)/t42-,44?,49?,67?/m1/s1. The Balaban J connectivity index is 1.23. The fourth-order valence-electron chi connectivity index (χ4n) is 8.41. The summed E-state index contributed by atoms with van der Waals surface area (Å²) in [6.45, 7) is 2.06. The predicted octanol–water partition coefficient (Wildman–Crippen LogP) is 8.10. The summed E-state index contributed by atoms with van der Waals surface area (Å²) in [7, 11) is 7.16. The minimum Gasteiger partial charge on any atom is -0.497 e. The topological polar surface area (TPSA) is 164 Å². The first-order valence-electron chi connectivity index (χ1n) is 22.7.